The molecule has 1 heterocycles. The highest BCUT2D eigenvalue weighted by Crippen LogP contribution is 2.33. The lowest BCUT2D eigenvalue weighted by atomic mass is 9.96. The van der Waals surface area contributed by atoms with Crippen LogP contribution in [0.5, 0.6) is 0 Å². The van der Waals surface area contributed by atoms with E-state index in [-0.39, 0.29) is 18.1 Å². The van der Waals surface area contributed by atoms with E-state index in [2.05, 4.69) is 22.9 Å². The first kappa shape index (κ1) is 13.3. The largest absolute Gasteiger partial charge is 0.371 e. The lowest BCUT2D eigenvalue weighted by molar-refractivity contribution is -0.148. The molecule has 1 aliphatic carbocycles. The monoisotopic (exact) mass is 303 g/mol. The van der Waals surface area contributed by atoms with Crippen LogP contribution in [-0.2, 0) is 9.53 Å². The first-order valence-corrected chi connectivity index (χ1v) is 7.74. The molecule has 4 atom stereocenters. The molecule has 0 spiro atoms. The Kier molecular flexibility index (Phi) is 4.47. The highest BCUT2D eigenvalue weighted by Gasteiger charge is 2.36. The molecule has 3 nitrogen and oxygen atoms in total. The van der Waals surface area contributed by atoms with Crippen molar-refractivity contribution in [3.63, 3.8) is 0 Å². The first-order valence-electron chi connectivity index (χ1n) is 6.62. The fourth-order valence-electron chi connectivity index (χ4n) is 3.06. The number of morpholine rings is 1. The summed E-state index contributed by atoms with van der Waals surface area (Å²) in [6.45, 7) is 5.76. The van der Waals surface area contributed by atoms with Crippen molar-refractivity contribution < 1.29 is 9.53 Å². The van der Waals surface area contributed by atoms with Crippen LogP contribution in [0.2, 0.25) is 0 Å². The van der Waals surface area contributed by atoms with Crippen LogP contribution in [0.25, 0.3) is 0 Å². The summed E-state index contributed by atoms with van der Waals surface area (Å²) in [5, 5.41) is 0.807. The summed E-state index contributed by atoms with van der Waals surface area (Å²) in [5.74, 6) is 1.18. The lowest BCUT2D eigenvalue weighted by Crippen LogP contribution is -2.51. The maximum atomic E-state index is 12.5. The summed E-state index contributed by atoms with van der Waals surface area (Å²) in [7, 11) is 0. The molecule has 2 rings (SSSR count). The molecular weight excluding hydrogens is 282 g/mol. The summed E-state index contributed by atoms with van der Waals surface area (Å²) in [6, 6.07) is 0. The molecule has 0 radical (unpaired) electrons. The van der Waals surface area contributed by atoms with Gasteiger partial charge in [-0.25, -0.2) is 0 Å². The van der Waals surface area contributed by atoms with Gasteiger partial charge in [-0.15, -0.1) is 0 Å². The van der Waals surface area contributed by atoms with Crippen LogP contribution in [-0.4, -0.2) is 41.4 Å². The minimum absolute atomic E-state index is 0.152. The van der Waals surface area contributed by atoms with Crippen LogP contribution in [0, 0.1) is 11.8 Å². The highest BCUT2D eigenvalue weighted by molar-refractivity contribution is 9.09. The predicted molar refractivity (Wildman–Crippen MR) is 71.2 cm³/mol. The van der Waals surface area contributed by atoms with Gasteiger partial charge in [0, 0.05) is 24.3 Å². The third-order valence-electron chi connectivity index (χ3n) is 3.99. The molecule has 0 aromatic carbocycles. The van der Waals surface area contributed by atoms with Crippen molar-refractivity contribution in [3.05, 3.63) is 0 Å². The Morgan fingerprint density at radius 3 is 2.71 bits per heavy atom. The average molecular weight is 304 g/mol. The molecule has 2 aliphatic rings. The minimum Gasteiger partial charge on any atom is -0.371 e. The second-order valence-electron chi connectivity index (χ2n) is 5.48. The minimum atomic E-state index is 0.152. The Balaban J connectivity index is 1.98. The van der Waals surface area contributed by atoms with Gasteiger partial charge in [0.1, 0.15) is 0 Å². The van der Waals surface area contributed by atoms with E-state index < -0.39 is 0 Å². The number of alkyl halides is 1. The quantitative estimate of drug-likeness (QED) is 0.733. The van der Waals surface area contributed by atoms with Crippen molar-refractivity contribution in [3.8, 4) is 0 Å². The molecule has 1 saturated heterocycles. The topological polar surface area (TPSA) is 29.5 Å². The number of halogens is 1. The van der Waals surface area contributed by atoms with Crippen LogP contribution in [0.3, 0.4) is 0 Å². The van der Waals surface area contributed by atoms with E-state index in [1.165, 1.54) is 12.8 Å². The molecule has 17 heavy (non-hydrogen) atoms. The molecular formula is C13H22BrNO2. The normalized spacial score (nSPS) is 38.4. The fraction of sp³-hybridized carbons (Fsp3) is 0.923. The summed E-state index contributed by atoms with van der Waals surface area (Å²) >= 11 is 3.45. The number of hydrogen-bond donors (Lipinski definition) is 0. The van der Waals surface area contributed by atoms with Crippen molar-refractivity contribution in [2.24, 2.45) is 11.8 Å². The fourth-order valence-corrected chi connectivity index (χ4v) is 3.41. The Morgan fingerprint density at radius 1 is 1.35 bits per heavy atom. The van der Waals surface area contributed by atoms with Crippen LogP contribution < -0.4 is 0 Å². The summed E-state index contributed by atoms with van der Waals surface area (Å²) < 4.78 is 5.76. The first-order chi connectivity index (χ1) is 8.11. The number of hydrogen-bond acceptors (Lipinski definition) is 2. The van der Waals surface area contributed by atoms with E-state index in [4.69, 9.17) is 4.74 Å². The van der Waals surface area contributed by atoms with Crippen molar-refractivity contribution in [1.82, 2.24) is 4.90 Å². The molecule has 0 aromatic rings. The van der Waals surface area contributed by atoms with Crippen molar-refractivity contribution in [2.45, 2.75) is 45.3 Å². The predicted octanol–water partition coefficient (Wildman–Crippen LogP) is 2.43. The second-order valence-corrected chi connectivity index (χ2v) is 6.13. The average Bonchev–Trinajstić information content (AvgIpc) is 2.73. The molecule has 0 bridgehead atoms. The van der Waals surface area contributed by atoms with E-state index >= 15 is 0 Å². The molecule has 0 N–H and O–H groups in total. The summed E-state index contributed by atoms with van der Waals surface area (Å²) in [6.07, 6.45) is 3.80. The molecule has 4 unspecified atom stereocenters. The molecule has 4 heteroatoms. The van der Waals surface area contributed by atoms with Gasteiger partial charge in [-0.3, -0.25) is 4.79 Å². The van der Waals surface area contributed by atoms with Crippen LogP contribution in [0.1, 0.15) is 33.1 Å². The number of ether oxygens (including phenoxy) is 1. The standard InChI is InChI=1S/C13H22BrNO2/c1-9-4-3-5-12(9)13(16)15-7-10(2)17-11(6-14)8-15/h9-12H,3-8H2,1-2H3. The zero-order valence-electron chi connectivity index (χ0n) is 10.7. The van der Waals surface area contributed by atoms with Gasteiger partial charge in [0.15, 0.2) is 0 Å². The number of carbonyl (C=O) groups excluding carboxylic acids is 1. The summed E-state index contributed by atoms with van der Waals surface area (Å²) in [4.78, 5) is 14.5. The van der Waals surface area contributed by atoms with E-state index in [0.717, 1.165) is 24.8 Å². The maximum absolute atomic E-state index is 12.5. The van der Waals surface area contributed by atoms with Crippen molar-refractivity contribution in [2.75, 3.05) is 18.4 Å². The van der Waals surface area contributed by atoms with Gasteiger partial charge >= 0.3 is 0 Å². The van der Waals surface area contributed by atoms with Gasteiger partial charge < -0.3 is 9.64 Å². The van der Waals surface area contributed by atoms with Crippen LogP contribution in [0.4, 0.5) is 0 Å². The number of nitrogens with zero attached hydrogens (tertiary/aromatic N) is 1. The van der Waals surface area contributed by atoms with Gasteiger partial charge in [-0.05, 0) is 25.7 Å². The SMILES string of the molecule is CC1CN(C(=O)C2CCCC2C)CC(CBr)O1. The van der Waals surface area contributed by atoms with E-state index in [0.29, 0.717) is 11.8 Å². The van der Waals surface area contributed by atoms with Crippen molar-refractivity contribution >= 4 is 21.8 Å². The van der Waals surface area contributed by atoms with Gasteiger partial charge in [-0.1, -0.05) is 29.3 Å². The lowest BCUT2D eigenvalue weighted by Gasteiger charge is -2.38. The molecule has 98 valence electrons. The molecule has 1 aliphatic heterocycles. The van der Waals surface area contributed by atoms with E-state index in [1.54, 1.807) is 0 Å². The Labute approximate surface area is 112 Å². The van der Waals surface area contributed by atoms with Gasteiger partial charge in [0.05, 0.1) is 12.2 Å². The number of rotatable bonds is 2. The molecule has 0 aromatic heterocycles. The zero-order chi connectivity index (χ0) is 12.4. The number of amides is 1. The Bertz CT molecular complexity index is 285. The maximum Gasteiger partial charge on any atom is 0.226 e. The number of carbonyl (C=O) groups is 1. The molecule has 1 amide bonds. The van der Waals surface area contributed by atoms with E-state index in [1.807, 2.05) is 11.8 Å². The van der Waals surface area contributed by atoms with Gasteiger partial charge in [-0.2, -0.15) is 0 Å². The third-order valence-corrected chi connectivity index (χ3v) is 4.71. The smallest absolute Gasteiger partial charge is 0.226 e. The highest BCUT2D eigenvalue weighted by atomic mass is 79.9. The van der Waals surface area contributed by atoms with Crippen LogP contribution >= 0.6 is 15.9 Å². The Morgan fingerprint density at radius 2 is 2.12 bits per heavy atom. The summed E-state index contributed by atoms with van der Waals surface area (Å²) in [5.41, 5.74) is 0. The molecule has 2 fully saturated rings. The van der Waals surface area contributed by atoms with Crippen LogP contribution in [0.15, 0.2) is 0 Å². The van der Waals surface area contributed by atoms with Gasteiger partial charge in [0.25, 0.3) is 0 Å². The molecule has 1 saturated carbocycles. The Hall–Kier alpha value is -0.0900. The third kappa shape index (κ3) is 3.02. The zero-order valence-corrected chi connectivity index (χ0v) is 12.3. The van der Waals surface area contributed by atoms with Gasteiger partial charge in [0.2, 0.25) is 5.91 Å². The van der Waals surface area contributed by atoms with Crippen molar-refractivity contribution in [1.29, 1.82) is 0 Å². The second kappa shape index (κ2) is 5.70. The van der Waals surface area contributed by atoms with E-state index in [9.17, 15) is 4.79 Å².